The number of hydrazine groups is 1. The van der Waals surface area contributed by atoms with Crippen LogP contribution in [0.1, 0.15) is 10.5 Å². The third-order valence-corrected chi connectivity index (χ3v) is 4.04. The Balaban J connectivity index is 1.74. The van der Waals surface area contributed by atoms with Gasteiger partial charge in [0.2, 0.25) is 0 Å². The molecular formula is C15H10Cl3N5O. The van der Waals surface area contributed by atoms with E-state index in [0.29, 0.717) is 26.4 Å². The fraction of sp³-hybridized carbons (Fsp3) is 0. The predicted octanol–water partition coefficient (Wildman–Crippen LogP) is 3.98. The number of hydrogen-bond donors (Lipinski definition) is 2. The average molecular weight is 383 g/mol. The number of carbonyl (C=O) groups is 1. The highest BCUT2D eigenvalue weighted by Gasteiger charge is 2.13. The molecule has 0 spiro atoms. The number of carbonyl (C=O) groups excluding carboxylic acids is 1. The van der Waals surface area contributed by atoms with Crippen LogP contribution < -0.4 is 10.9 Å². The fourth-order valence-electron chi connectivity index (χ4n) is 1.92. The lowest BCUT2D eigenvalue weighted by Crippen LogP contribution is -2.30. The molecule has 1 amide bonds. The Bertz CT molecular complexity index is 876. The van der Waals surface area contributed by atoms with E-state index in [1.165, 1.54) is 10.9 Å². The van der Waals surface area contributed by atoms with Gasteiger partial charge in [0.05, 0.1) is 32.6 Å². The van der Waals surface area contributed by atoms with Crippen LogP contribution in [0.15, 0.2) is 48.7 Å². The third-order valence-electron chi connectivity index (χ3n) is 3.09. The lowest BCUT2D eigenvalue weighted by atomic mass is 10.3. The van der Waals surface area contributed by atoms with Crippen LogP contribution in [0.25, 0.3) is 5.69 Å². The Morgan fingerprint density at radius 2 is 1.62 bits per heavy atom. The highest BCUT2D eigenvalue weighted by molar-refractivity contribution is 6.39. The minimum atomic E-state index is -0.496. The number of anilines is 1. The number of hydrogen-bond acceptors (Lipinski definition) is 4. The van der Waals surface area contributed by atoms with Crippen LogP contribution in [0.4, 0.5) is 5.69 Å². The molecule has 0 fully saturated rings. The van der Waals surface area contributed by atoms with Gasteiger partial charge in [-0.15, -0.1) is 5.10 Å². The zero-order chi connectivity index (χ0) is 17.1. The third kappa shape index (κ3) is 3.46. The summed E-state index contributed by atoms with van der Waals surface area (Å²) in [5.41, 5.74) is 6.26. The quantitative estimate of drug-likeness (QED) is 0.669. The van der Waals surface area contributed by atoms with Crippen molar-refractivity contribution in [1.82, 2.24) is 20.4 Å². The lowest BCUT2D eigenvalue weighted by Gasteiger charge is -2.10. The summed E-state index contributed by atoms with van der Waals surface area (Å²) in [4.78, 5) is 12.2. The van der Waals surface area contributed by atoms with Crippen molar-refractivity contribution in [2.24, 2.45) is 0 Å². The van der Waals surface area contributed by atoms with Gasteiger partial charge in [0, 0.05) is 0 Å². The molecule has 0 unspecified atom stereocenters. The maximum atomic E-state index is 12.2. The standard InChI is InChI=1S/C15H10Cl3N5O/c16-9-4-1-2-7-13(9)23-8-12(19-22-23)15(24)21-20-14-10(17)5-3-6-11(14)18/h1-8,20H,(H,21,24). The van der Waals surface area contributed by atoms with Gasteiger partial charge in [-0.25, -0.2) is 4.68 Å². The Morgan fingerprint density at radius 3 is 2.33 bits per heavy atom. The first-order valence-electron chi connectivity index (χ1n) is 6.74. The second-order valence-electron chi connectivity index (χ2n) is 4.68. The minimum Gasteiger partial charge on any atom is -0.295 e. The molecule has 0 aliphatic rings. The lowest BCUT2D eigenvalue weighted by molar-refractivity contribution is 0.0957. The maximum Gasteiger partial charge on any atom is 0.291 e. The molecule has 3 aromatic rings. The van der Waals surface area contributed by atoms with Crippen molar-refractivity contribution in [1.29, 1.82) is 0 Å². The molecule has 0 radical (unpaired) electrons. The van der Waals surface area contributed by atoms with Gasteiger partial charge in [-0.3, -0.25) is 15.6 Å². The average Bonchev–Trinajstić information content (AvgIpc) is 3.04. The van der Waals surface area contributed by atoms with E-state index >= 15 is 0 Å². The molecule has 3 rings (SSSR count). The van der Waals surface area contributed by atoms with Crippen LogP contribution in [0.3, 0.4) is 0 Å². The van der Waals surface area contributed by atoms with Crippen LogP contribution in [0.5, 0.6) is 0 Å². The summed E-state index contributed by atoms with van der Waals surface area (Å²) in [5, 5.41) is 8.98. The van der Waals surface area contributed by atoms with Gasteiger partial charge in [-0.1, -0.05) is 58.2 Å². The number of nitrogens with one attached hydrogen (secondary N) is 2. The van der Waals surface area contributed by atoms with Gasteiger partial charge < -0.3 is 0 Å². The maximum absolute atomic E-state index is 12.2. The van der Waals surface area contributed by atoms with Crippen molar-refractivity contribution in [2.45, 2.75) is 0 Å². The number of aromatic nitrogens is 3. The molecule has 1 heterocycles. The predicted molar refractivity (Wildman–Crippen MR) is 93.9 cm³/mol. The Kier molecular flexibility index (Phi) is 4.89. The van der Waals surface area contributed by atoms with Crippen molar-refractivity contribution < 1.29 is 4.79 Å². The van der Waals surface area contributed by atoms with E-state index in [-0.39, 0.29) is 5.69 Å². The molecule has 0 saturated heterocycles. The summed E-state index contributed by atoms with van der Waals surface area (Å²) in [6.45, 7) is 0. The Morgan fingerprint density at radius 1 is 0.958 bits per heavy atom. The number of rotatable bonds is 4. The van der Waals surface area contributed by atoms with Crippen LogP contribution in [-0.2, 0) is 0 Å². The number of benzene rings is 2. The summed E-state index contributed by atoms with van der Waals surface area (Å²) in [7, 11) is 0. The van der Waals surface area contributed by atoms with E-state index in [0.717, 1.165) is 0 Å². The summed E-state index contributed by atoms with van der Waals surface area (Å²) in [6.07, 6.45) is 1.46. The van der Waals surface area contributed by atoms with Gasteiger partial charge in [-0.2, -0.15) is 0 Å². The normalized spacial score (nSPS) is 10.5. The smallest absolute Gasteiger partial charge is 0.291 e. The van der Waals surface area contributed by atoms with Gasteiger partial charge in [0.25, 0.3) is 5.91 Å². The van der Waals surface area contributed by atoms with Crippen LogP contribution in [-0.4, -0.2) is 20.9 Å². The Hall–Kier alpha value is -2.28. The topological polar surface area (TPSA) is 71.8 Å². The van der Waals surface area contributed by atoms with E-state index < -0.39 is 5.91 Å². The summed E-state index contributed by atoms with van der Waals surface area (Å²) in [5.74, 6) is -0.496. The Labute approximate surface area is 152 Å². The fourth-order valence-corrected chi connectivity index (χ4v) is 2.64. The molecule has 2 N–H and O–H groups in total. The van der Waals surface area contributed by atoms with E-state index in [1.807, 2.05) is 6.07 Å². The summed E-state index contributed by atoms with van der Waals surface area (Å²) in [6, 6.07) is 12.1. The SMILES string of the molecule is O=C(NNc1c(Cl)cccc1Cl)c1cn(-c2ccccc2Cl)nn1. The first kappa shape index (κ1) is 16.6. The number of halogens is 3. The van der Waals surface area contributed by atoms with Crippen LogP contribution in [0.2, 0.25) is 15.1 Å². The molecule has 2 aromatic carbocycles. The van der Waals surface area contributed by atoms with E-state index in [2.05, 4.69) is 21.2 Å². The highest BCUT2D eigenvalue weighted by atomic mass is 35.5. The van der Waals surface area contributed by atoms with Gasteiger partial charge in [-0.05, 0) is 24.3 Å². The molecule has 0 aliphatic heterocycles. The molecule has 6 nitrogen and oxygen atoms in total. The molecule has 0 aliphatic carbocycles. The van der Waals surface area contributed by atoms with E-state index in [4.69, 9.17) is 34.8 Å². The van der Waals surface area contributed by atoms with Gasteiger partial charge >= 0.3 is 0 Å². The van der Waals surface area contributed by atoms with E-state index in [9.17, 15) is 4.79 Å². The second kappa shape index (κ2) is 7.09. The molecule has 0 saturated carbocycles. The first-order chi connectivity index (χ1) is 11.6. The first-order valence-corrected chi connectivity index (χ1v) is 7.87. The summed E-state index contributed by atoms with van der Waals surface area (Å²) < 4.78 is 1.42. The zero-order valence-electron chi connectivity index (χ0n) is 12.0. The molecule has 0 atom stereocenters. The van der Waals surface area contributed by atoms with Gasteiger partial charge in [0.15, 0.2) is 5.69 Å². The minimum absolute atomic E-state index is 0.102. The molecule has 0 bridgehead atoms. The zero-order valence-corrected chi connectivity index (χ0v) is 14.3. The monoisotopic (exact) mass is 381 g/mol. The summed E-state index contributed by atoms with van der Waals surface area (Å²) >= 11 is 18.1. The second-order valence-corrected chi connectivity index (χ2v) is 5.90. The van der Waals surface area contributed by atoms with Crippen molar-refractivity contribution in [3.8, 4) is 5.69 Å². The highest BCUT2D eigenvalue weighted by Crippen LogP contribution is 2.29. The van der Waals surface area contributed by atoms with Crippen molar-refractivity contribution in [3.63, 3.8) is 0 Å². The molecule has 24 heavy (non-hydrogen) atoms. The molecule has 122 valence electrons. The van der Waals surface area contributed by atoms with E-state index in [1.54, 1.807) is 36.4 Å². The molecular weight excluding hydrogens is 373 g/mol. The van der Waals surface area contributed by atoms with Crippen molar-refractivity contribution in [2.75, 3.05) is 5.43 Å². The van der Waals surface area contributed by atoms with Gasteiger partial charge in [0.1, 0.15) is 0 Å². The largest absolute Gasteiger partial charge is 0.295 e. The van der Waals surface area contributed by atoms with Crippen LogP contribution in [0, 0.1) is 0 Å². The number of amides is 1. The molecule has 1 aromatic heterocycles. The number of nitrogens with zero attached hydrogens (tertiary/aromatic N) is 3. The number of para-hydroxylation sites is 2. The van der Waals surface area contributed by atoms with Crippen molar-refractivity contribution in [3.05, 3.63) is 69.4 Å². The molecule has 9 heteroatoms. The van der Waals surface area contributed by atoms with Crippen molar-refractivity contribution >= 4 is 46.4 Å². The van der Waals surface area contributed by atoms with Crippen LogP contribution >= 0.6 is 34.8 Å².